The molecule has 0 aromatic heterocycles. The Morgan fingerprint density at radius 3 is 2.62 bits per heavy atom. The third-order valence-corrected chi connectivity index (χ3v) is 5.27. The molecule has 6 heteroatoms. The van der Waals surface area contributed by atoms with E-state index >= 15 is 0 Å². The highest BCUT2D eigenvalue weighted by atomic mass is 35.5. The predicted octanol–water partition coefficient (Wildman–Crippen LogP) is 3.11. The van der Waals surface area contributed by atoms with E-state index < -0.39 is 0 Å². The molecule has 1 aliphatic carbocycles. The summed E-state index contributed by atoms with van der Waals surface area (Å²) in [5, 5.41) is 4.11. The molecule has 1 aliphatic heterocycles. The van der Waals surface area contributed by atoms with Crippen LogP contribution in [0.25, 0.3) is 0 Å². The van der Waals surface area contributed by atoms with Crippen molar-refractivity contribution in [3.63, 3.8) is 0 Å². The Kier molecular flexibility index (Phi) is 7.35. The number of piperazine rings is 1. The molecule has 2 fully saturated rings. The average molecular weight is 372 g/mol. The van der Waals surface area contributed by atoms with Crippen LogP contribution in [0.2, 0.25) is 5.02 Å². The average Bonchev–Trinajstić information content (AvgIpc) is 3.41. The summed E-state index contributed by atoms with van der Waals surface area (Å²) in [6, 6.07) is 8.91. The van der Waals surface area contributed by atoms with E-state index in [1.165, 1.54) is 12.8 Å². The normalized spacial score (nSPS) is 19.0. The van der Waals surface area contributed by atoms with Crippen LogP contribution in [0.4, 0.5) is 0 Å². The first-order valence-corrected chi connectivity index (χ1v) is 9.03. The van der Waals surface area contributed by atoms with Crippen molar-refractivity contribution in [3.05, 3.63) is 34.9 Å². The van der Waals surface area contributed by atoms with E-state index in [-0.39, 0.29) is 24.4 Å². The second-order valence-corrected chi connectivity index (χ2v) is 6.95. The zero-order chi connectivity index (χ0) is 16.2. The standard InChI is InChI=1S/C18H26ClN3O.ClH/c1-14(16-4-2-3-5-17(16)19)22(15-6-7-15)11-8-18(23)21-12-9-20-10-13-21;/h2-5,14-15,20H,6-13H2,1H3;1H. The van der Waals surface area contributed by atoms with Gasteiger partial charge in [-0.2, -0.15) is 0 Å². The van der Waals surface area contributed by atoms with Gasteiger partial charge < -0.3 is 10.2 Å². The first kappa shape index (κ1) is 19.5. The number of carbonyl (C=O) groups is 1. The monoisotopic (exact) mass is 371 g/mol. The molecule has 1 saturated carbocycles. The molecule has 0 bridgehead atoms. The van der Waals surface area contributed by atoms with Crippen LogP contribution in [0.3, 0.4) is 0 Å². The van der Waals surface area contributed by atoms with Gasteiger partial charge in [0.15, 0.2) is 0 Å². The molecule has 1 N–H and O–H groups in total. The number of rotatable bonds is 6. The maximum Gasteiger partial charge on any atom is 0.223 e. The van der Waals surface area contributed by atoms with Gasteiger partial charge in [-0.15, -0.1) is 12.4 Å². The Hall–Kier alpha value is -0.810. The van der Waals surface area contributed by atoms with Gasteiger partial charge in [0.25, 0.3) is 0 Å². The Labute approximate surface area is 155 Å². The van der Waals surface area contributed by atoms with Crippen LogP contribution in [0.1, 0.15) is 37.8 Å². The Balaban J connectivity index is 0.00000208. The summed E-state index contributed by atoms with van der Waals surface area (Å²) in [6.45, 7) is 6.52. The van der Waals surface area contributed by atoms with Crippen LogP contribution >= 0.6 is 24.0 Å². The number of carbonyl (C=O) groups excluding carboxylic acids is 1. The third kappa shape index (κ3) is 4.85. The second-order valence-electron chi connectivity index (χ2n) is 6.55. The molecule has 4 nitrogen and oxygen atoms in total. The van der Waals surface area contributed by atoms with Crippen molar-refractivity contribution in [2.24, 2.45) is 0 Å². The van der Waals surface area contributed by atoms with Crippen LogP contribution in [-0.2, 0) is 4.79 Å². The van der Waals surface area contributed by atoms with Crippen molar-refractivity contribution in [2.45, 2.75) is 38.3 Å². The van der Waals surface area contributed by atoms with E-state index in [9.17, 15) is 4.79 Å². The summed E-state index contributed by atoms with van der Waals surface area (Å²) < 4.78 is 0. The number of hydrogen-bond acceptors (Lipinski definition) is 3. The highest BCUT2D eigenvalue weighted by Crippen LogP contribution is 2.36. The van der Waals surface area contributed by atoms with Crippen molar-refractivity contribution >= 4 is 29.9 Å². The molecule has 1 atom stereocenters. The van der Waals surface area contributed by atoms with E-state index in [0.29, 0.717) is 12.5 Å². The topological polar surface area (TPSA) is 35.6 Å². The molecule has 0 spiro atoms. The zero-order valence-corrected chi connectivity index (χ0v) is 15.8. The fourth-order valence-corrected chi connectivity index (χ4v) is 3.68. The number of amides is 1. The first-order valence-electron chi connectivity index (χ1n) is 8.65. The molecular formula is C18H27Cl2N3O. The van der Waals surface area contributed by atoms with Gasteiger partial charge in [-0.1, -0.05) is 29.8 Å². The molecule has 134 valence electrons. The summed E-state index contributed by atoms with van der Waals surface area (Å²) in [6.07, 6.45) is 3.07. The van der Waals surface area contributed by atoms with E-state index in [2.05, 4.69) is 23.2 Å². The van der Waals surface area contributed by atoms with Crippen LogP contribution in [0, 0.1) is 0 Å². The predicted molar refractivity (Wildman–Crippen MR) is 101 cm³/mol. The highest BCUT2D eigenvalue weighted by Gasteiger charge is 2.33. The van der Waals surface area contributed by atoms with Gasteiger partial charge in [-0.05, 0) is 31.4 Å². The van der Waals surface area contributed by atoms with Crippen molar-refractivity contribution in [3.8, 4) is 0 Å². The van der Waals surface area contributed by atoms with Gasteiger partial charge in [-0.25, -0.2) is 0 Å². The van der Waals surface area contributed by atoms with E-state index in [4.69, 9.17) is 11.6 Å². The lowest BCUT2D eigenvalue weighted by Crippen LogP contribution is -2.47. The first-order chi connectivity index (χ1) is 11.2. The fourth-order valence-electron chi connectivity index (χ4n) is 3.39. The maximum absolute atomic E-state index is 12.4. The SMILES string of the molecule is CC(c1ccccc1Cl)N(CCC(=O)N1CCNCC1)C1CC1.Cl. The number of halogens is 2. The molecular weight excluding hydrogens is 345 g/mol. The summed E-state index contributed by atoms with van der Waals surface area (Å²) in [5.74, 6) is 0.281. The third-order valence-electron chi connectivity index (χ3n) is 4.92. The minimum atomic E-state index is 0. The van der Waals surface area contributed by atoms with Crippen LogP contribution in [0.5, 0.6) is 0 Å². The lowest BCUT2D eigenvalue weighted by atomic mass is 10.1. The van der Waals surface area contributed by atoms with E-state index in [1.54, 1.807) is 0 Å². The quantitative estimate of drug-likeness (QED) is 0.834. The van der Waals surface area contributed by atoms with Gasteiger partial charge in [0, 0.05) is 56.3 Å². The minimum absolute atomic E-state index is 0. The zero-order valence-electron chi connectivity index (χ0n) is 14.2. The van der Waals surface area contributed by atoms with Crippen molar-refractivity contribution in [1.29, 1.82) is 0 Å². The van der Waals surface area contributed by atoms with Gasteiger partial charge in [0.05, 0.1) is 0 Å². The van der Waals surface area contributed by atoms with Gasteiger partial charge in [-0.3, -0.25) is 9.69 Å². The number of nitrogens with one attached hydrogen (secondary N) is 1. The smallest absolute Gasteiger partial charge is 0.223 e. The Bertz CT molecular complexity index is 545. The molecule has 1 amide bonds. The van der Waals surface area contributed by atoms with Gasteiger partial charge >= 0.3 is 0 Å². The number of nitrogens with zero attached hydrogens (tertiary/aromatic N) is 2. The molecule has 1 aromatic rings. The van der Waals surface area contributed by atoms with Gasteiger partial charge in [0.1, 0.15) is 0 Å². The Morgan fingerprint density at radius 1 is 1.33 bits per heavy atom. The summed E-state index contributed by atoms with van der Waals surface area (Å²) >= 11 is 6.36. The number of benzene rings is 1. The molecule has 1 unspecified atom stereocenters. The van der Waals surface area contributed by atoms with Crippen LogP contribution < -0.4 is 5.32 Å². The minimum Gasteiger partial charge on any atom is -0.340 e. The summed E-state index contributed by atoms with van der Waals surface area (Å²) in [5.41, 5.74) is 1.16. The maximum atomic E-state index is 12.4. The lowest BCUT2D eigenvalue weighted by molar-refractivity contribution is -0.132. The molecule has 3 rings (SSSR count). The molecule has 24 heavy (non-hydrogen) atoms. The van der Waals surface area contributed by atoms with E-state index in [1.807, 2.05) is 23.1 Å². The van der Waals surface area contributed by atoms with Crippen LogP contribution in [0.15, 0.2) is 24.3 Å². The molecule has 0 radical (unpaired) electrons. The van der Waals surface area contributed by atoms with Crippen LogP contribution in [-0.4, -0.2) is 54.5 Å². The highest BCUT2D eigenvalue weighted by molar-refractivity contribution is 6.31. The molecule has 1 heterocycles. The second kappa shape index (κ2) is 9.04. The largest absolute Gasteiger partial charge is 0.340 e. The fraction of sp³-hybridized carbons (Fsp3) is 0.611. The lowest BCUT2D eigenvalue weighted by Gasteiger charge is -2.32. The molecule has 2 aliphatic rings. The summed E-state index contributed by atoms with van der Waals surface area (Å²) in [7, 11) is 0. The Morgan fingerprint density at radius 2 is 2.00 bits per heavy atom. The van der Waals surface area contributed by atoms with Crippen molar-refractivity contribution in [1.82, 2.24) is 15.1 Å². The van der Waals surface area contributed by atoms with Crippen molar-refractivity contribution in [2.75, 3.05) is 32.7 Å². The number of hydrogen-bond donors (Lipinski definition) is 1. The molecule has 1 aromatic carbocycles. The van der Waals surface area contributed by atoms with Crippen molar-refractivity contribution < 1.29 is 4.79 Å². The molecule has 1 saturated heterocycles. The van der Waals surface area contributed by atoms with Gasteiger partial charge in [0.2, 0.25) is 5.91 Å². The van der Waals surface area contributed by atoms with E-state index in [0.717, 1.165) is 43.3 Å². The summed E-state index contributed by atoms with van der Waals surface area (Å²) in [4.78, 5) is 16.9.